The summed E-state index contributed by atoms with van der Waals surface area (Å²) in [7, 11) is 4.03. The van der Waals surface area contributed by atoms with Crippen LogP contribution >= 0.6 is 56.7 Å². The van der Waals surface area contributed by atoms with E-state index in [1.165, 1.54) is 67.8 Å². The van der Waals surface area contributed by atoms with Crippen molar-refractivity contribution in [3.05, 3.63) is 370 Å². The number of phenols is 1. The number of Topliss-reactive ketones (excluding diaryl/α,β-unsaturated/α-hetero) is 5. The average molecular weight is 1990 g/mol. The molecular formula is C120H116N6O12S5. The van der Waals surface area contributed by atoms with Crippen molar-refractivity contribution in [3.63, 3.8) is 0 Å². The van der Waals surface area contributed by atoms with Crippen molar-refractivity contribution in [1.82, 2.24) is 0 Å². The molecule has 15 aromatic rings. The second-order valence-corrected chi connectivity index (χ2v) is 43.6. The predicted molar refractivity (Wildman–Crippen MR) is 584 cm³/mol. The van der Waals surface area contributed by atoms with E-state index in [4.69, 9.17) is 5.11 Å². The second-order valence-electron chi connectivity index (χ2n) is 38.2. The molecule has 5 heterocycles. The molecule has 5 aliphatic carbocycles. The normalized spacial score (nSPS) is 13.3. The van der Waals surface area contributed by atoms with E-state index >= 15 is 0 Å². The lowest BCUT2D eigenvalue weighted by atomic mass is 10.0. The number of hydrogen-bond acceptors (Lipinski definition) is 18. The molecule has 0 radical (unpaired) electrons. The quantitative estimate of drug-likeness (QED) is 0.0194. The van der Waals surface area contributed by atoms with E-state index in [0.717, 1.165) is 155 Å². The molecule has 10 aromatic carbocycles. The highest BCUT2D eigenvalue weighted by Gasteiger charge is 2.31. The number of carbonyl (C=O) groups is 10. The molecule has 5 saturated carbocycles. The largest absolute Gasteiger partial charge is 0.508 e. The van der Waals surface area contributed by atoms with Gasteiger partial charge in [0.2, 0.25) is 0 Å². The van der Waals surface area contributed by atoms with Crippen LogP contribution in [0.3, 0.4) is 0 Å². The van der Waals surface area contributed by atoms with Crippen LogP contribution in [0.1, 0.15) is 241 Å². The topological polar surface area (TPSA) is 275 Å². The van der Waals surface area contributed by atoms with Crippen LogP contribution in [0.2, 0.25) is 0 Å². The van der Waals surface area contributed by atoms with Crippen LogP contribution in [0.15, 0.2) is 273 Å². The zero-order chi connectivity index (χ0) is 101. The monoisotopic (exact) mass is 1990 g/mol. The van der Waals surface area contributed by atoms with Gasteiger partial charge in [0, 0.05) is 133 Å². The Balaban J connectivity index is 0.000000128. The zero-order valence-electron chi connectivity index (χ0n) is 81.6. The van der Waals surface area contributed by atoms with Gasteiger partial charge in [-0.05, 0) is 331 Å². The van der Waals surface area contributed by atoms with Crippen LogP contribution in [-0.4, -0.2) is 82.8 Å². The van der Waals surface area contributed by atoms with Gasteiger partial charge in [-0.15, -0.1) is 56.7 Å². The molecule has 0 atom stereocenters. The van der Waals surface area contributed by atoms with E-state index in [9.17, 15) is 53.1 Å². The average Bonchev–Trinajstić information content (AvgIpc) is 1.79. The Kier molecular flexibility index (Phi) is 33.3. The Morgan fingerprint density at radius 2 is 0.469 bits per heavy atom. The Hall–Kier alpha value is -14.0. The number of aromatic hydroxyl groups is 1. The summed E-state index contributed by atoms with van der Waals surface area (Å²) >= 11 is 7.22. The molecule has 0 saturated heterocycles. The smallest absolute Gasteiger partial charge is 0.265 e. The Morgan fingerprint density at radius 3 is 0.671 bits per heavy atom. The second kappa shape index (κ2) is 46.8. The van der Waals surface area contributed by atoms with Gasteiger partial charge in [-0.25, -0.2) is 0 Å². The van der Waals surface area contributed by atoms with Gasteiger partial charge in [-0.2, -0.15) is 0 Å². The molecule has 0 aliphatic heterocycles. The molecular weight excluding hydrogens is 1880 g/mol. The molecule has 728 valence electrons. The fourth-order valence-corrected chi connectivity index (χ4v) is 20.4. The maximum absolute atomic E-state index is 12.8. The highest BCUT2D eigenvalue weighted by Crippen LogP contribution is 2.42. The number of amides is 5. The standard InChI is InChI=1S/C25H26N2O2S.C24H23NO3S.2C24H23NO2S.C23H21NO3S/c1-16-4-7-19(22(28)14-17-5-6-17)15-21(16)26-25(29)24-13-12-23(30-24)18-8-10-20(11-9-18)27(2)3;1-15-2-7-19(21(27)12-16-3-4-16)13-20(15)25-24(28)23-11-10-22(29-23)18-8-5-17(14-26)6-9-18;2*1-15-3-8-18(9-4-15)22-11-12-23(28-22)24(27)25-20-14-19(10-5-16(20)2)21(26)13-17-6-7-17;1-14-2-5-17(20(26)12-15-3-4-15)13-19(14)24-23(27)22-11-10-21(28-22)16-6-8-18(25)9-7-16/h4,7-13,15,17H,5-6,14H2,1-3H3,(H,26,29);2,5-11,13,16,26H,3-4,12,14H2,1H3,(H,25,28);2*3-5,8-12,14,17H,6-7,13H2,1-2H3,(H,25,27);2,5-11,13,15,25H,3-4,12H2,1H3,(H,24,27). The Bertz CT molecular complexity index is 6800. The van der Waals surface area contributed by atoms with Gasteiger partial charge in [-0.1, -0.05) is 157 Å². The Morgan fingerprint density at radius 1 is 0.266 bits per heavy atom. The summed E-state index contributed by atoms with van der Waals surface area (Å²) in [5.74, 6) is 2.93. The zero-order valence-corrected chi connectivity index (χ0v) is 85.7. The van der Waals surface area contributed by atoms with Crippen molar-refractivity contribution in [3.8, 4) is 58.0 Å². The number of nitrogens with one attached hydrogen (secondary N) is 5. The SMILES string of the molecule is Cc1ccc(-c2ccc(C(=O)Nc3cc(C(=O)CC4CC4)ccc3C)s2)cc1.Cc1ccc(-c2ccc(C(=O)Nc3cc(C(=O)CC4CC4)ccc3C)s2)cc1.Cc1ccc(C(=O)CC2CC2)cc1NC(=O)c1ccc(-c2ccc(CO)cc2)s1.Cc1ccc(C(=O)CC2CC2)cc1NC(=O)c1ccc(-c2ccc(N(C)C)cc2)s1.Cc1ccc(C(=O)CC2CC2)cc1NC(=O)c1ccc(-c2ccc(O)cc2)s1. The van der Waals surface area contributed by atoms with Crippen molar-refractivity contribution >= 4 is 149 Å². The van der Waals surface area contributed by atoms with Crippen molar-refractivity contribution < 1.29 is 58.2 Å². The molecule has 23 heteroatoms. The van der Waals surface area contributed by atoms with Crippen molar-refractivity contribution in [1.29, 1.82) is 0 Å². The predicted octanol–water partition coefficient (Wildman–Crippen LogP) is 29.7. The molecule has 5 amide bonds. The summed E-state index contributed by atoms with van der Waals surface area (Å²) < 4.78 is 0. The summed E-state index contributed by atoms with van der Waals surface area (Å²) in [5, 5.41) is 33.4. The van der Waals surface area contributed by atoms with Crippen LogP contribution in [0.5, 0.6) is 5.75 Å². The van der Waals surface area contributed by atoms with Crippen LogP contribution in [0, 0.1) is 78.1 Å². The number of nitrogens with zero attached hydrogens (tertiary/aromatic N) is 1. The lowest BCUT2D eigenvalue weighted by Gasteiger charge is -2.12. The molecule has 0 spiro atoms. The van der Waals surface area contributed by atoms with Crippen LogP contribution in [0.4, 0.5) is 34.1 Å². The minimum atomic E-state index is -0.190. The number of hydrogen-bond donors (Lipinski definition) is 7. The van der Waals surface area contributed by atoms with Gasteiger partial charge in [0.05, 0.1) is 31.0 Å². The van der Waals surface area contributed by atoms with Gasteiger partial charge in [0.1, 0.15) is 5.75 Å². The van der Waals surface area contributed by atoms with E-state index in [1.54, 1.807) is 30.3 Å². The number of thiophene rings is 5. The highest BCUT2D eigenvalue weighted by molar-refractivity contribution is 7.19. The number of aliphatic hydroxyl groups excluding tert-OH is 1. The number of aliphatic hydroxyl groups is 1. The summed E-state index contributed by atoms with van der Waals surface area (Å²) in [6.45, 7) is 13.8. The molecule has 7 N–H and O–H groups in total. The van der Waals surface area contributed by atoms with Gasteiger partial charge < -0.3 is 41.7 Å². The molecule has 0 unspecified atom stereocenters. The van der Waals surface area contributed by atoms with E-state index in [1.807, 2.05) is 219 Å². The van der Waals surface area contributed by atoms with E-state index < -0.39 is 0 Å². The number of rotatable bonds is 32. The first-order chi connectivity index (χ1) is 68.9. The van der Waals surface area contributed by atoms with E-state index in [2.05, 4.69) is 118 Å². The first kappa shape index (κ1) is 102. The van der Waals surface area contributed by atoms with Gasteiger partial charge in [0.25, 0.3) is 29.5 Å². The Labute approximate surface area is 855 Å². The molecule has 0 bridgehead atoms. The number of benzene rings is 10. The van der Waals surface area contributed by atoms with Crippen molar-refractivity contribution in [2.45, 2.75) is 151 Å². The van der Waals surface area contributed by atoms with E-state index in [-0.39, 0.29) is 70.8 Å². The summed E-state index contributed by atoms with van der Waals surface area (Å²) in [6, 6.07) is 86.1. The van der Waals surface area contributed by atoms with Crippen LogP contribution < -0.4 is 31.5 Å². The summed E-state index contributed by atoms with van der Waals surface area (Å²) in [5.41, 5.74) is 21.2. The van der Waals surface area contributed by atoms with Gasteiger partial charge in [0.15, 0.2) is 28.9 Å². The maximum Gasteiger partial charge on any atom is 0.265 e. The third-order valence-corrected chi connectivity index (χ3v) is 31.6. The third kappa shape index (κ3) is 28.5. The van der Waals surface area contributed by atoms with Crippen molar-refractivity contribution in [2.75, 3.05) is 45.6 Å². The fraction of sp³-hybridized carbons (Fsp3) is 0.250. The summed E-state index contributed by atoms with van der Waals surface area (Å²) in [4.78, 5) is 136. The van der Waals surface area contributed by atoms with E-state index in [0.29, 0.717) is 142 Å². The van der Waals surface area contributed by atoms with Gasteiger partial charge >= 0.3 is 0 Å². The molecule has 5 aromatic heterocycles. The minimum Gasteiger partial charge on any atom is -0.508 e. The molecule has 18 nitrogen and oxygen atoms in total. The number of anilines is 6. The summed E-state index contributed by atoms with van der Waals surface area (Å²) in [6.07, 6.45) is 14.5. The third-order valence-electron chi connectivity index (χ3n) is 26.0. The highest BCUT2D eigenvalue weighted by atomic mass is 32.1. The van der Waals surface area contributed by atoms with Crippen LogP contribution in [0.25, 0.3) is 52.2 Å². The molecule has 20 rings (SSSR count). The number of ketones is 5. The first-order valence-corrected chi connectivity index (χ1v) is 52.7. The first-order valence-electron chi connectivity index (χ1n) is 48.6. The lowest BCUT2D eigenvalue weighted by molar-refractivity contribution is 0.0968. The minimum absolute atomic E-state index is 0.0138. The lowest BCUT2D eigenvalue weighted by Crippen LogP contribution is -2.12. The maximum atomic E-state index is 12.8. The van der Waals surface area contributed by atoms with Gasteiger partial charge in [-0.3, -0.25) is 47.9 Å². The molecule has 5 fully saturated rings. The number of aryl methyl sites for hydroxylation is 7. The fourth-order valence-electron chi connectivity index (χ4n) is 15.9. The number of phenolic OH excluding ortho intramolecular Hbond substituents is 1. The number of carbonyl (C=O) groups excluding carboxylic acids is 10. The van der Waals surface area contributed by atoms with Crippen LogP contribution in [-0.2, 0) is 6.61 Å². The van der Waals surface area contributed by atoms with Crippen molar-refractivity contribution in [2.24, 2.45) is 29.6 Å². The molecule has 5 aliphatic rings. The molecule has 143 heavy (non-hydrogen) atoms.